The number of nitrogens with one attached hydrogen (secondary N) is 1. The summed E-state index contributed by atoms with van der Waals surface area (Å²) < 4.78 is 37.3. The molecule has 190 valence electrons. The van der Waals surface area contributed by atoms with Gasteiger partial charge < -0.3 is 14.6 Å². The Morgan fingerprint density at radius 2 is 1.89 bits per heavy atom. The third kappa shape index (κ3) is 4.34. The predicted octanol–water partition coefficient (Wildman–Crippen LogP) is 2.04. The lowest BCUT2D eigenvalue weighted by Gasteiger charge is -2.41. The molecule has 0 atom stereocenters. The van der Waals surface area contributed by atoms with E-state index >= 15 is 0 Å². The van der Waals surface area contributed by atoms with Crippen molar-refractivity contribution in [2.75, 3.05) is 33.8 Å². The lowest BCUT2D eigenvalue weighted by atomic mass is 10.1. The molecule has 0 spiro atoms. The van der Waals surface area contributed by atoms with Crippen molar-refractivity contribution in [3.05, 3.63) is 42.6 Å². The van der Waals surface area contributed by atoms with Gasteiger partial charge in [-0.25, -0.2) is 13.2 Å². The zero-order valence-electron chi connectivity index (χ0n) is 20.5. The minimum Gasteiger partial charge on any atom is -0.493 e. The molecule has 1 aliphatic rings. The van der Waals surface area contributed by atoms with Gasteiger partial charge in [0.15, 0.2) is 0 Å². The molecule has 3 aromatic rings. The maximum atomic E-state index is 13.3. The van der Waals surface area contributed by atoms with Crippen LogP contribution in [-0.4, -0.2) is 71.6 Å². The maximum Gasteiger partial charge on any atom is 0.331 e. The minimum atomic E-state index is -3.70. The van der Waals surface area contributed by atoms with Gasteiger partial charge in [-0.15, -0.1) is 0 Å². The molecule has 12 heteroatoms. The highest BCUT2D eigenvalue weighted by Crippen LogP contribution is 2.38. The zero-order chi connectivity index (χ0) is 25.7. The molecule has 0 radical (unpaired) electrons. The van der Waals surface area contributed by atoms with E-state index in [0.29, 0.717) is 64.3 Å². The lowest BCUT2D eigenvalue weighted by molar-refractivity contribution is 0.134. The Kier molecular flexibility index (Phi) is 7.19. The molecule has 0 aliphatic carbocycles. The number of ether oxygens (including phenoxy) is 1. The van der Waals surface area contributed by atoms with Gasteiger partial charge in [0.05, 0.1) is 26.3 Å². The van der Waals surface area contributed by atoms with Crippen molar-refractivity contribution in [3.63, 3.8) is 0 Å². The highest BCUT2D eigenvalue weighted by Gasteiger charge is 2.38. The van der Waals surface area contributed by atoms with Crippen molar-refractivity contribution in [3.8, 4) is 17.0 Å². The number of fused-ring (bicyclic) bond motifs is 1. The number of nitrogens with zero attached hydrogens (tertiary/aromatic N) is 4. The molecule has 0 saturated carbocycles. The monoisotopic (exact) mass is 615 g/mol. The zero-order valence-corrected chi connectivity index (χ0v) is 23.4. The third-order valence-corrected chi connectivity index (χ3v) is 9.26. The molecule has 10 nitrogen and oxygen atoms in total. The van der Waals surface area contributed by atoms with Crippen molar-refractivity contribution in [2.45, 2.75) is 37.8 Å². The summed E-state index contributed by atoms with van der Waals surface area (Å²) in [6.07, 6.45) is 0.714. The maximum absolute atomic E-state index is 13.3. The van der Waals surface area contributed by atoms with Gasteiger partial charge >= 0.3 is 5.69 Å². The number of hydrogen-bond acceptors (Lipinski definition) is 6. The Labute approximate surface area is 217 Å². The van der Waals surface area contributed by atoms with Crippen LogP contribution >= 0.6 is 22.6 Å². The molecular formula is C23H30IN5O5S. The summed E-state index contributed by atoms with van der Waals surface area (Å²) in [4.78, 5) is 31.1. The third-order valence-electron chi connectivity index (χ3n) is 6.38. The fraction of sp³-hybridized carbons (Fsp3) is 0.478. The Morgan fingerprint density at radius 1 is 1.20 bits per heavy atom. The van der Waals surface area contributed by atoms with Crippen LogP contribution in [0, 0.1) is 3.57 Å². The molecular weight excluding hydrogens is 585 g/mol. The first-order valence-corrected chi connectivity index (χ1v) is 14.0. The number of halogens is 1. The van der Waals surface area contributed by atoms with Crippen molar-refractivity contribution in [2.24, 2.45) is 7.05 Å². The molecule has 35 heavy (non-hydrogen) atoms. The van der Waals surface area contributed by atoms with Gasteiger partial charge in [-0.3, -0.25) is 13.9 Å². The Balaban J connectivity index is 1.91. The van der Waals surface area contributed by atoms with Crippen molar-refractivity contribution in [1.29, 1.82) is 0 Å². The van der Waals surface area contributed by atoms with Crippen molar-refractivity contribution < 1.29 is 13.2 Å². The van der Waals surface area contributed by atoms with Crippen LogP contribution in [0.3, 0.4) is 0 Å². The van der Waals surface area contributed by atoms with E-state index in [9.17, 15) is 18.0 Å². The first kappa shape index (κ1) is 25.9. The van der Waals surface area contributed by atoms with Crippen LogP contribution in [0.15, 0.2) is 32.7 Å². The Morgan fingerprint density at radius 3 is 2.49 bits per heavy atom. The van der Waals surface area contributed by atoms with Crippen LogP contribution in [-0.2, 0) is 23.6 Å². The van der Waals surface area contributed by atoms with E-state index in [-0.39, 0.29) is 16.6 Å². The highest BCUT2D eigenvalue weighted by molar-refractivity contribution is 14.1. The molecule has 1 fully saturated rings. The van der Waals surface area contributed by atoms with Gasteiger partial charge in [0.25, 0.3) is 5.56 Å². The van der Waals surface area contributed by atoms with Gasteiger partial charge in [-0.05, 0) is 68.2 Å². The van der Waals surface area contributed by atoms with E-state index in [0.717, 1.165) is 4.57 Å². The molecule has 1 saturated heterocycles. The molecule has 0 amide bonds. The highest BCUT2D eigenvalue weighted by atomic mass is 127. The van der Waals surface area contributed by atoms with Gasteiger partial charge in [0, 0.05) is 38.3 Å². The Bertz CT molecular complexity index is 1500. The van der Waals surface area contributed by atoms with E-state index < -0.39 is 15.6 Å². The van der Waals surface area contributed by atoms with E-state index in [1.165, 1.54) is 11.4 Å². The SMILES string of the molecule is CCCn1c(=O)n(C)c(=O)c2[nH]c(-c3cc(S(=O)(=O)N4CC(N(C)C)C4)ccc3OCC)c(I)c21. The number of hydrogen-bond donors (Lipinski definition) is 1. The topological polar surface area (TPSA) is 110 Å². The predicted molar refractivity (Wildman–Crippen MR) is 144 cm³/mol. The van der Waals surface area contributed by atoms with Gasteiger partial charge in [-0.2, -0.15) is 4.31 Å². The molecule has 1 aromatic carbocycles. The largest absolute Gasteiger partial charge is 0.493 e. The average molecular weight is 615 g/mol. The summed E-state index contributed by atoms with van der Waals surface area (Å²) in [5, 5.41) is 0. The number of sulfonamides is 1. The van der Waals surface area contributed by atoms with Crippen molar-refractivity contribution in [1.82, 2.24) is 23.3 Å². The van der Waals surface area contributed by atoms with Crippen LogP contribution in [0.5, 0.6) is 5.75 Å². The number of benzene rings is 1. The van der Waals surface area contributed by atoms with E-state index in [4.69, 9.17) is 4.74 Å². The summed E-state index contributed by atoms with van der Waals surface area (Å²) in [5.74, 6) is 0.493. The number of aromatic nitrogens is 3. The van der Waals surface area contributed by atoms with E-state index in [1.54, 1.807) is 22.8 Å². The van der Waals surface area contributed by atoms with Crippen LogP contribution in [0.25, 0.3) is 22.3 Å². The minimum absolute atomic E-state index is 0.154. The number of likely N-dealkylation sites (N-methyl/N-ethyl adjacent to an activating group) is 1. The lowest BCUT2D eigenvalue weighted by Crippen LogP contribution is -2.58. The number of rotatable bonds is 8. The smallest absolute Gasteiger partial charge is 0.331 e. The second-order valence-corrected chi connectivity index (χ2v) is 11.9. The summed E-state index contributed by atoms with van der Waals surface area (Å²) >= 11 is 2.11. The summed E-state index contributed by atoms with van der Waals surface area (Å²) in [6, 6.07) is 4.97. The average Bonchev–Trinajstić information content (AvgIpc) is 3.11. The van der Waals surface area contributed by atoms with Crippen LogP contribution in [0.2, 0.25) is 0 Å². The summed E-state index contributed by atoms with van der Waals surface area (Å²) in [5.41, 5.74) is 1.07. The van der Waals surface area contributed by atoms with E-state index in [2.05, 4.69) is 27.6 Å². The fourth-order valence-electron chi connectivity index (χ4n) is 4.26. The second kappa shape index (κ2) is 9.71. The summed E-state index contributed by atoms with van der Waals surface area (Å²) in [6.45, 7) is 5.51. The molecule has 0 unspecified atom stereocenters. The standard InChI is InChI=1S/C23H30IN5O5S/c1-6-10-29-21-18(24)19(25-20(21)22(30)27(5)23(29)31)16-11-15(8-9-17(16)34-7-2)35(32,33)28-12-14(13-28)26(3)4/h8-9,11,14,25H,6-7,10,12-13H2,1-5H3. The van der Waals surface area contributed by atoms with Crippen LogP contribution in [0.4, 0.5) is 0 Å². The fourth-order valence-corrected chi connectivity index (χ4v) is 6.79. The number of aryl methyl sites for hydroxylation is 1. The van der Waals surface area contributed by atoms with Gasteiger partial charge in [0.2, 0.25) is 10.0 Å². The number of H-pyrrole nitrogens is 1. The molecule has 0 bridgehead atoms. The second-order valence-electron chi connectivity index (χ2n) is 8.87. The molecule has 1 N–H and O–H groups in total. The molecule has 3 heterocycles. The Hall–Kier alpha value is -2.16. The quantitative estimate of drug-likeness (QED) is 0.389. The summed E-state index contributed by atoms with van der Waals surface area (Å²) in [7, 11) is 1.63. The van der Waals surface area contributed by atoms with Gasteiger partial charge in [0.1, 0.15) is 11.3 Å². The van der Waals surface area contributed by atoms with E-state index in [1.807, 2.05) is 32.8 Å². The molecule has 4 rings (SSSR count). The normalized spacial score (nSPS) is 15.2. The molecule has 2 aromatic heterocycles. The van der Waals surface area contributed by atoms with Crippen LogP contribution < -0.4 is 16.0 Å². The number of aromatic amines is 1. The first-order valence-electron chi connectivity index (χ1n) is 11.5. The first-order chi connectivity index (χ1) is 16.5. The van der Waals surface area contributed by atoms with Gasteiger partial charge in [-0.1, -0.05) is 6.92 Å². The van der Waals surface area contributed by atoms with Crippen LogP contribution in [0.1, 0.15) is 20.3 Å². The molecule has 1 aliphatic heterocycles. The van der Waals surface area contributed by atoms with Crippen molar-refractivity contribution >= 4 is 43.6 Å².